The Morgan fingerprint density at radius 2 is 1.90 bits per heavy atom. The van der Waals surface area contributed by atoms with Crippen LogP contribution in [0.25, 0.3) is 0 Å². The van der Waals surface area contributed by atoms with Gasteiger partial charge in [0.25, 0.3) is 0 Å². The molecule has 0 bridgehead atoms. The van der Waals surface area contributed by atoms with E-state index in [0.29, 0.717) is 30.4 Å². The van der Waals surface area contributed by atoms with E-state index in [0.717, 1.165) is 19.5 Å². The summed E-state index contributed by atoms with van der Waals surface area (Å²) in [6.07, 6.45) is 0.931. The Kier molecular flexibility index (Phi) is 6.92. The van der Waals surface area contributed by atoms with Crippen LogP contribution in [0.2, 0.25) is 0 Å². The van der Waals surface area contributed by atoms with Crippen LogP contribution in [-0.4, -0.2) is 32.8 Å². The Hall–Kier alpha value is -1.33. The highest BCUT2D eigenvalue weighted by Crippen LogP contribution is 2.19. The van der Waals surface area contributed by atoms with Gasteiger partial charge in [-0.15, -0.1) is 0 Å². The maximum absolute atomic E-state index is 11.9. The number of pyridine rings is 1. The van der Waals surface area contributed by atoms with E-state index in [4.69, 9.17) is 0 Å². The second kappa shape index (κ2) is 8.20. The SMILES string of the molecule is CCN(CC)Cc1c(O)c(=O)cc(CO)n1CCC(C)C. The second-order valence-electron chi connectivity index (χ2n) is 5.75. The molecule has 0 aliphatic rings. The molecule has 21 heavy (non-hydrogen) atoms. The normalized spacial score (nSPS) is 11.6. The first kappa shape index (κ1) is 17.7. The smallest absolute Gasteiger partial charge is 0.223 e. The van der Waals surface area contributed by atoms with Gasteiger partial charge >= 0.3 is 0 Å². The average Bonchev–Trinajstić information content (AvgIpc) is 2.46. The summed E-state index contributed by atoms with van der Waals surface area (Å²) in [7, 11) is 0. The summed E-state index contributed by atoms with van der Waals surface area (Å²) < 4.78 is 1.90. The van der Waals surface area contributed by atoms with Crippen LogP contribution >= 0.6 is 0 Å². The number of aliphatic hydroxyl groups is 1. The zero-order chi connectivity index (χ0) is 16.0. The first-order valence-corrected chi connectivity index (χ1v) is 7.72. The fourth-order valence-electron chi connectivity index (χ4n) is 2.36. The van der Waals surface area contributed by atoms with Crippen LogP contribution in [-0.2, 0) is 19.7 Å². The maximum Gasteiger partial charge on any atom is 0.223 e. The van der Waals surface area contributed by atoms with Gasteiger partial charge in [-0.2, -0.15) is 0 Å². The third-order valence-electron chi connectivity index (χ3n) is 3.84. The molecule has 0 unspecified atom stereocenters. The van der Waals surface area contributed by atoms with E-state index in [-0.39, 0.29) is 12.4 Å². The number of aromatic hydroxyl groups is 1. The minimum Gasteiger partial charge on any atom is -0.503 e. The molecule has 0 radical (unpaired) electrons. The van der Waals surface area contributed by atoms with Gasteiger partial charge in [0.1, 0.15) is 0 Å². The Labute approximate surface area is 126 Å². The monoisotopic (exact) mass is 296 g/mol. The first-order valence-electron chi connectivity index (χ1n) is 7.72. The zero-order valence-corrected chi connectivity index (χ0v) is 13.6. The predicted octanol–water partition coefficient (Wildman–Crippen LogP) is 1.93. The summed E-state index contributed by atoms with van der Waals surface area (Å²) in [6, 6.07) is 1.33. The largest absolute Gasteiger partial charge is 0.503 e. The lowest BCUT2D eigenvalue weighted by Gasteiger charge is -2.24. The highest BCUT2D eigenvalue weighted by atomic mass is 16.3. The van der Waals surface area contributed by atoms with E-state index in [9.17, 15) is 15.0 Å². The molecule has 1 heterocycles. The molecule has 0 fully saturated rings. The van der Waals surface area contributed by atoms with E-state index in [2.05, 4.69) is 18.7 Å². The Bertz CT molecular complexity index is 505. The first-order chi connectivity index (χ1) is 9.94. The van der Waals surface area contributed by atoms with Crippen LogP contribution in [0, 0.1) is 5.92 Å². The van der Waals surface area contributed by atoms with Crippen LogP contribution < -0.4 is 5.43 Å². The van der Waals surface area contributed by atoms with Crippen LogP contribution in [0.3, 0.4) is 0 Å². The van der Waals surface area contributed by atoms with Gasteiger partial charge in [-0.3, -0.25) is 9.69 Å². The summed E-state index contributed by atoms with van der Waals surface area (Å²) in [4.78, 5) is 14.0. The quantitative estimate of drug-likeness (QED) is 0.769. The number of hydrogen-bond donors (Lipinski definition) is 2. The van der Waals surface area contributed by atoms with Gasteiger partial charge in [0.2, 0.25) is 5.43 Å². The van der Waals surface area contributed by atoms with Crippen molar-refractivity contribution in [3.05, 3.63) is 27.7 Å². The van der Waals surface area contributed by atoms with E-state index in [1.54, 1.807) is 0 Å². The van der Waals surface area contributed by atoms with Crippen molar-refractivity contribution in [3.8, 4) is 5.75 Å². The molecule has 120 valence electrons. The molecule has 1 aromatic heterocycles. The maximum atomic E-state index is 11.9. The van der Waals surface area contributed by atoms with E-state index in [1.807, 2.05) is 18.4 Å². The topological polar surface area (TPSA) is 65.7 Å². The molecule has 0 saturated heterocycles. The summed E-state index contributed by atoms with van der Waals surface area (Å²) in [6.45, 7) is 11.1. The fourth-order valence-corrected chi connectivity index (χ4v) is 2.36. The lowest BCUT2D eigenvalue weighted by Crippen LogP contribution is -2.27. The molecule has 1 aromatic rings. The van der Waals surface area contributed by atoms with Crippen molar-refractivity contribution in [2.24, 2.45) is 5.92 Å². The van der Waals surface area contributed by atoms with Crippen molar-refractivity contribution in [2.75, 3.05) is 13.1 Å². The molecule has 2 N–H and O–H groups in total. The molecule has 0 spiro atoms. The van der Waals surface area contributed by atoms with Crippen molar-refractivity contribution in [1.82, 2.24) is 9.47 Å². The zero-order valence-electron chi connectivity index (χ0n) is 13.6. The van der Waals surface area contributed by atoms with Gasteiger partial charge in [-0.25, -0.2) is 0 Å². The minimum atomic E-state index is -0.415. The summed E-state index contributed by atoms with van der Waals surface area (Å²) in [5, 5.41) is 19.7. The van der Waals surface area contributed by atoms with Crippen LogP contribution in [0.5, 0.6) is 5.75 Å². The summed E-state index contributed by atoms with van der Waals surface area (Å²) in [5.41, 5.74) is 0.763. The number of aliphatic hydroxyl groups excluding tert-OH is 1. The average molecular weight is 296 g/mol. The van der Waals surface area contributed by atoms with Gasteiger partial charge in [0.05, 0.1) is 12.3 Å². The molecule has 0 atom stereocenters. The van der Waals surface area contributed by atoms with Crippen molar-refractivity contribution in [2.45, 2.75) is 53.8 Å². The van der Waals surface area contributed by atoms with Crippen molar-refractivity contribution in [3.63, 3.8) is 0 Å². The van der Waals surface area contributed by atoms with Gasteiger partial charge in [0, 0.05) is 24.8 Å². The van der Waals surface area contributed by atoms with Crippen LogP contribution in [0.1, 0.15) is 45.5 Å². The Morgan fingerprint density at radius 1 is 1.29 bits per heavy atom. The van der Waals surface area contributed by atoms with Crippen LogP contribution in [0.15, 0.2) is 10.9 Å². The van der Waals surface area contributed by atoms with Gasteiger partial charge in [-0.1, -0.05) is 27.7 Å². The second-order valence-corrected chi connectivity index (χ2v) is 5.75. The fraction of sp³-hybridized carbons (Fsp3) is 0.688. The Balaban J connectivity index is 3.27. The third kappa shape index (κ3) is 4.58. The van der Waals surface area contributed by atoms with Gasteiger partial charge in [0.15, 0.2) is 5.75 Å². The predicted molar refractivity (Wildman–Crippen MR) is 84.4 cm³/mol. The molecule has 0 amide bonds. The molecule has 0 aliphatic carbocycles. The molecule has 1 rings (SSSR count). The molecular weight excluding hydrogens is 268 g/mol. The third-order valence-corrected chi connectivity index (χ3v) is 3.84. The van der Waals surface area contributed by atoms with E-state index < -0.39 is 5.43 Å². The molecule has 0 aromatic carbocycles. The lowest BCUT2D eigenvalue weighted by atomic mass is 10.1. The number of rotatable bonds is 8. The van der Waals surface area contributed by atoms with Gasteiger partial charge < -0.3 is 14.8 Å². The Morgan fingerprint density at radius 3 is 2.38 bits per heavy atom. The molecule has 5 nitrogen and oxygen atoms in total. The minimum absolute atomic E-state index is 0.192. The van der Waals surface area contributed by atoms with Crippen molar-refractivity contribution in [1.29, 1.82) is 0 Å². The molecule has 0 saturated carbocycles. The van der Waals surface area contributed by atoms with E-state index in [1.165, 1.54) is 6.07 Å². The highest BCUT2D eigenvalue weighted by molar-refractivity contribution is 5.30. The lowest BCUT2D eigenvalue weighted by molar-refractivity contribution is 0.253. The number of aromatic nitrogens is 1. The highest BCUT2D eigenvalue weighted by Gasteiger charge is 2.16. The standard InChI is InChI=1S/C16H28N2O3/c1-5-17(6-2)10-14-16(21)15(20)9-13(11-19)18(14)8-7-12(3)4/h9,12,19,21H,5-8,10-11H2,1-4H3. The number of hydrogen-bond acceptors (Lipinski definition) is 4. The molecule has 5 heteroatoms. The van der Waals surface area contributed by atoms with Crippen molar-refractivity contribution < 1.29 is 10.2 Å². The van der Waals surface area contributed by atoms with E-state index >= 15 is 0 Å². The van der Waals surface area contributed by atoms with Crippen LogP contribution in [0.4, 0.5) is 0 Å². The molecular formula is C16H28N2O3. The molecule has 0 aliphatic heterocycles. The van der Waals surface area contributed by atoms with Gasteiger partial charge in [-0.05, 0) is 25.4 Å². The number of nitrogens with zero attached hydrogens (tertiary/aromatic N) is 2. The van der Waals surface area contributed by atoms with Crippen molar-refractivity contribution >= 4 is 0 Å². The summed E-state index contributed by atoms with van der Waals surface area (Å²) in [5.74, 6) is 0.322. The summed E-state index contributed by atoms with van der Waals surface area (Å²) >= 11 is 0.